The maximum atomic E-state index is 12.9. The van der Waals surface area contributed by atoms with Crippen LogP contribution in [0.15, 0.2) is 18.2 Å². The van der Waals surface area contributed by atoms with Gasteiger partial charge in [-0.3, -0.25) is 4.90 Å². The minimum atomic E-state index is -0.263. The number of hydrogen-bond donors (Lipinski definition) is 0. The Bertz CT molecular complexity index is 359. The average molecular weight is 242 g/mol. The predicted molar refractivity (Wildman–Crippen MR) is 65.1 cm³/mol. The van der Waals surface area contributed by atoms with Crippen molar-refractivity contribution in [3.63, 3.8) is 0 Å². The van der Waals surface area contributed by atoms with E-state index in [0.717, 1.165) is 31.1 Å². The first-order valence-electron chi connectivity index (χ1n) is 5.81. The molecule has 1 aliphatic heterocycles. The lowest BCUT2D eigenvalue weighted by Crippen LogP contribution is -2.32. The molecule has 0 bridgehead atoms. The van der Waals surface area contributed by atoms with Gasteiger partial charge in [0.2, 0.25) is 0 Å². The summed E-state index contributed by atoms with van der Waals surface area (Å²) in [7, 11) is 0. The summed E-state index contributed by atoms with van der Waals surface area (Å²) in [6.07, 6.45) is 2.50. The third-order valence-electron chi connectivity index (χ3n) is 3.29. The summed E-state index contributed by atoms with van der Waals surface area (Å²) in [6.45, 7) is 5.37. The summed E-state index contributed by atoms with van der Waals surface area (Å²) >= 11 is 6.01. The van der Waals surface area contributed by atoms with E-state index < -0.39 is 0 Å². The highest BCUT2D eigenvalue weighted by atomic mass is 35.5. The Labute approximate surface area is 101 Å². The number of likely N-dealkylation sites (tertiary alicyclic amines) is 1. The van der Waals surface area contributed by atoms with Crippen LogP contribution >= 0.6 is 11.6 Å². The van der Waals surface area contributed by atoms with Crippen LogP contribution in [0, 0.1) is 11.7 Å². The van der Waals surface area contributed by atoms with Crippen molar-refractivity contribution in [2.45, 2.75) is 26.3 Å². The molecule has 1 heterocycles. The quantitative estimate of drug-likeness (QED) is 0.763. The van der Waals surface area contributed by atoms with Crippen LogP contribution in [0.5, 0.6) is 0 Å². The zero-order chi connectivity index (χ0) is 11.5. The van der Waals surface area contributed by atoms with Gasteiger partial charge in [0, 0.05) is 11.6 Å². The molecule has 0 saturated carbocycles. The topological polar surface area (TPSA) is 3.24 Å². The summed E-state index contributed by atoms with van der Waals surface area (Å²) in [5.74, 6) is 0.570. The van der Waals surface area contributed by atoms with E-state index in [1.54, 1.807) is 6.07 Å². The molecule has 1 nitrogen and oxygen atoms in total. The molecule has 1 aromatic carbocycles. The number of nitrogens with zero attached hydrogens (tertiary/aromatic N) is 1. The summed E-state index contributed by atoms with van der Waals surface area (Å²) in [4.78, 5) is 2.39. The molecule has 1 aromatic rings. The summed E-state index contributed by atoms with van der Waals surface area (Å²) in [6, 6.07) is 4.66. The second-order valence-electron chi connectivity index (χ2n) is 4.69. The molecule has 0 radical (unpaired) electrons. The highest BCUT2D eigenvalue weighted by molar-refractivity contribution is 6.31. The normalized spacial score (nSPS) is 18.9. The molecular formula is C13H17ClFN. The van der Waals surface area contributed by atoms with Crippen molar-refractivity contribution in [1.82, 2.24) is 4.90 Å². The molecule has 0 unspecified atom stereocenters. The molecular weight excluding hydrogens is 225 g/mol. The van der Waals surface area contributed by atoms with Crippen molar-refractivity contribution >= 4 is 11.6 Å². The molecule has 3 heteroatoms. The Morgan fingerprint density at radius 2 is 2.06 bits per heavy atom. The zero-order valence-corrected chi connectivity index (χ0v) is 10.3. The van der Waals surface area contributed by atoms with Crippen molar-refractivity contribution in [3.05, 3.63) is 34.6 Å². The Morgan fingerprint density at radius 3 is 2.69 bits per heavy atom. The molecule has 16 heavy (non-hydrogen) atoms. The van der Waals surface area contributed by atoms with E-state index in [9.17, 15) is 4.39 Å². The molecule has 88 valence electrons. The molecule has 1 saturated heterocycles. The third kappa shape index (κ3) is 2.96. The van der Waals surface area contributed by atoms with Crippen LogP contribution in [0.4, 0.5) is 4.39 Å². The fourth-order valence-electron chi connectivity index (χ4n) is 2.11. The lowest BCUT2D eigenvalue weighted by molar-refractivity contribution is 0.185. The van der Waals surface area contributed by atoms with E-state index in [1.165, 1.54) is 25.0 Å². The Hall–Kier alpha value is -0.600. The number of rotatable bonds is 2. The lowest BCUT2D eigenvalue weighted by atomic mass is 9.99. The van der Waals surface area contributed by atoms with E-state index in [4.69, 9.17) is 11.6 Å². The first-order chi connectivity index (χ1) is 7.65. The van der Waals surface area contributed by atoms with E-state index in [2.05, 4.69) is 11.8 Å². The van der Waals surface area contributed by atoms with Crippen LogP contribution in [-0.2, 0) is 6.54 Å². The van der Waals surface area contributed by atoms with Crippen LogP contribution in [0.1, 0.15) is 25.3 Å². The van der Waals surface area contributed by atoms with Crippen molar-refractivity contribution in [2.75, 3.05) is 13.1 Å². The third-order valence-corrected chi connectivity index (χ3v) is 3.64. The summed E-state index contributed by atoms with van der Waals surface area (Å²) in [5.41, 5.74) is 1.03. The molecule has 2 rings (SSSR count). The van der Waals surface area contributed by atoms with Crippen LogP contribution in [-0.4, -0.2) is 18.0 Å². The molecule has 1 aliphatic rings. The average Bonchev–Trinajstić information content (AvgIpc) is 2.25. The standard InChI is InChI=1S/C13H17ClFN/c1-10-4-6-16(7-5-10)9-11-2-3-12(15)8-13(11)14/h2-3,8,10H,4-7,9H2,1H3. The first-order valence-corrected chi connectivity index (χ1v) is 6.19. The Kier molecular flexibility index (Phi) is 3.82. The smallest absolute Gasteiger partial charge is 0.124 e. The summed E-state index contributed by atoms with van der Waals surface area (Å²) < 4.78 is 12.9. The van der Waals surface area contributed by atoms with Gasteiger partial charge in [0.15, 0.2) is 0 Å². The minimum Gasteiger partial charge on any atom is -0.299 e. The second-order valence-corrected chi connectivity index (χ2v) is 5.10. The highest BCUT2D eigenvalue weighted by Crippen LogP contribution is 2.22. The molecule has 0 aliphatic carbocycles. The Morgan fingerprint density at radius 1 is 1.38 bits per heavy atom. The van der Waals surface area contributed by atoms with Gasteiger partial charge in [-0.15, -0.1) is 0 Å². The Balaban J connectivity index is 1.98. The molecule has 0 aromatic heterocycles. The van der Waals surface area contributed by atoms with Crippen LogP contribution in [0.3, 0.4) is 0 Å². The first kappa shape index (κ1) is 11.9. The van der Waals surface area contributed by atoms with Gasteiger partial charge >= 0.3 is 0 Å². The van der Waals surface area contributed by atoms with Crippen LogP contribution in [0.2, 0.25) is 5.02 Å². The second kappa shape index (κ2) is 5.15. The van der Waals surface area contributed by atoms with Crippen molar-refractivity contribution in [3.8, 4) is 0 Å². The van der Waals surface area contributed by atoms with Gasteiger partial charge in [-0.05, 0) is 49.5 Å². The van der Waals surface area contributed by atoms with Gasteiger partial charge in [0.1, 0.15) is 5.82 Å². The van der Waals surface area contributed by atoms with Crippen molar-refractivity contribution in [2.24, 2.45) is 5.92 Å². The fourth-order valence-corrected chi connectivity index (χ4v) is 2.34. The molecule has 0 N–H and O–H groups in total. The monoisotopic (exact) mass is 241 g/mol. The number of halogens is 2. The van der Waals surface area contributed by atoms with Crippen LogP contribution < -0.4 is 0 Å². The molecule has 0 amide bonds. The van der Waals surface area contributed by atoms with Crippen LogP contribution in [0.25, 0.3) is 0 Å². The van der Waals surface area contributed by atoms with Gasteiger partial charge in [-0.2, -0.15) is 0 Å². The zero-order valence-electron chi connectivity index (χ0n) is 9.55. The van der Waals surface area contributed by atoms with E-state index >= 15 is 0 Å². The lowest BCUT2D eigenvalue weighted by Gasteiger charge is -2.30. The van der Waals surface area contributed by atoms with Gasteiger partial charge < -0.3 is 0 Å². The predicted octanol–water partition coefficient (Wildman–Crippen LogP) is 3.71. The summed E-state index contributed by atoms with van der Waals surface area (Å²) in [5, 5.41) is 0.540. The number of piperidine rings is 1. The van der Waals surface area contributed by atoms with E-state index in [1.807, 2.05) is 0 Å². The molecule has 0 spiro atoms. The number of benzene rings is 1. The van der Waals surface area contributed by atoms with E-state index in [-0.39, 0.29) is 5.82 Å². The van der Waals surface area contributed by atoms with Gasteiger partial charge in [-0.1, -0.05) is 24.6 Å². The molecule has 1 fully saturated rings. The maximum Gasteiger partial charge on any atom is 0.124 e. The van der Waals surface area contributed by atoms with Gasteiger partial charge in [0.25, 0.3) is 0 Å². The van der Waals surface area contributed by atoms with Gasteiger partial charge in [-0.25, -0.2) is 4.39 Å². The SMILES string of the molecule is CC1CCN(Cc2ccc(F)cc2Cl)CC1. The van der Waals surface area contributed by atoms with Crippen molar-refractivity contribution < 1.29 is 4.39 Å². The molecule has 0 atom stereocenters. The fraction of sp³-hybridized carbons (Fsp3) is 0.538. The minimum absolute atomic E-state index is 0.263. The largest absolute Gasteiger partial charge is 0.299 e. The van der Waals surface area contributed by atoms with Crippen molar-refractivity contribution in [1.29, 1.82) is 0 Å². The number of hydrogen-bond acceptors (Lipinski definition) is 1. The van der Waals surface area contributed by atoms with E-state index in [0.29, 0.717) is 5.02 Å². The van der Waals surface area contributed by atoms with Gasteiger partial charge in [0.05, 0.1) is 0 Å². The highest BCUT2D eigenvalue weighted by Gasteiger charge is 2.16. The maximum absolute atomic E-state index is 12.9.